The van der Waals surface area contributed by atoms with Crippen molar-refractivity contribution in [3.8, 4) is 0 Å². The lowest BCUT2D eigenvalue weighted by Gasteiger charge is -2.27. The van der Waals surface area contributed by atoms with Crippen LogP contribution in [0.15, 0.2) is 113 Å². The molecule has 3 aromatic carbocycles. The van der Waals surface area contributed by atoms with Gasteiger partial charge in [0.05, 0.1) is 21.6 Å². The number of hydrogen-bond donors (Lipinski definition) is 3. The molecular weight excluding hydrogens is 765 g/mol. The summed E-state index contributed by atoms with van der Waals surface area (Å²) in [6.45, 7) is 12.0. The third-order valence-corrected chi connectivity index (χ3v) is 12.8. The van der Waals surface area contributed by atoms with Crippen LogP contribution in [0.2, 0.25) is 0 Å². The summed E-state index contributed by atoms with van der Waals surface area (Å²) in [5.41, 5.74) is 7.34. The van der Waals surface area contributed by atoms with Crippen LogP contribution in [-0.4, -0.2) is 72.8 Å². The number of hydrogen-bond acceptors (Lipinski definition) is 7. The average Bonchev–Trinajstić information content (AvgIpc) is 3.72. The van der Waals surface area contributed by atoms with Crippen molar-refractivity contribution in [1.29, 1.82) is 0 Å². The lowest BCUT2D eigenvalue weighted by molar-refractivity contribution is -0.438. The van der Waals surface area contributed by atoms with E-state index in [0.29, 0.717) is 24.3 Å². The highest BCUT2D eigenvalue weighted by Crippen LogP contribution is 2.49. The fourth-order valence-corrected chi connectivity index (χ4v) is 9.25. The van der Waals surface area contributed by atoms with Crippen LogP contribution in [0.5, 0.6) is 0 Å². The second kappa shape index (κ2) is 16.2. The highest BCUT2D eigenvalue weighted by atomic mass is 32.2. The molecule has 302 valence electrons. The van der Waals surface area contributed by atoms with E-state index in [2.05, 4.69) is 55.7 Å². The number of fused-ring (bicyclic) bond motifs is 2. The quantitative estimate of drug-likeness (QED) is 0.0771. The molecule has 0 aliphatic carbocycles. The van der Waals surface area contributed by atoms with Crippen molar-refractivity contribution in [2.24, 2.45) is 0 Å². The number of rotatable bonds is 15. The zero-order valence-electron chi connectivity index (χ0n) is 33.0. The largest absolute Gasteiger partial charge is 0.488 e. The molecule has 3 aliphatic heterocycles. The van der Waals surface area contributed by atoms with Crippen LogP contribution in [-0.2, 0) is 35.8 Å². The molecule has 0 saturated heterocycles. The maximum Gasteiger partial charge on any atom is 0.335 e. The zero-order valence-corrected chi connectivity index (χ0v) is 34.7. The molecule has 13 heteroatoms. The van der Waals surface area contributed by atoms with Crippen LogP contribution in [0.1, 0.15) is 93.8 Å². The van der Waals surface area contributed by atoms with Crippen LogP contribution in [0.25, 0.3) is 5.57 Å². The van der Waals surface area contributed by atoms with Gasteiger partial charge >= 0.3 is 5.97 Å². The van der Waals surface area contributed by atoms with Crippen LogP contribution >= 0.6 is 0 Å². The SMILES string of the molecule is CCCCC[N+]1=C(/C=C/C2=C(c3ccc(C(=O)O)cc3)C(=C/C=C3/N(CCCCS(=O)(=O)O)c4ccc(S(=O)(=O)O)cc4C3(C)C)/CO2)C(C)(C)c2ccccc21. The Hall–Kier alpha value is -4.82. The molecule has 3 aliphatic rings. The molecule has 3 aromatic rings. The summed E-state index contributed by atoms with van der Waals surface area (Å²) in [5, 5.41) is 9.64. The molecule has 0 aromatic heterocycles. The van der Waals surface area contributed by atoms with Gasteiger partial charge in [-0.05, 0) is 86.7 Å². The smallest absolute Gasteiger partial charge is 0.335 e. The first kappa shape index (κ1) is 41.8. The minimum Gasteiger partial charge on any atom is -0.488 e. The molecule has 6 rings (SSSR count). The molecule has 0 radical (unpaired) electrons. The van der Waals surface area contributed by atoms with Gasteiger partial charge in [-0.2, -0.15) is 21.4 Å². The van der Waals surface area contributed by atoms with Gasteiger partial charge < -0.3 is 14.7 Å². The Kier molecular flexibility index (Phi) is 11.9. The summed E-state index contributed by atoms with van der Waals surface area (Å²) < 4.78 is 75.3. The fraction of sp³-hybridized carbons (Fsp3) is 0.364. The molecular formula is C44H51N2O9S2+. The molecule has 3 N–H and O–H groups in total. The number of para-hydroxylation sites is 1. The van der Waals surface area contributed by atoms with Crippen molar-refractivity contribution in [2.75, 3.05) is 30.3 Å². The van der Waals surface area contributed by atoms with Crippen LogP contribution in [0.3, 0.4) is 0 Å². The fourth-order valence-electron chi connectivity index (χ4n) is 8.17. The van der Waals surface area contributed by atoms with Gasteiger partial charge in [0.25, 0.3) is 20.2 Å². The Morgan fingerprint density at radius 1 is 0.860 bits per heavy atom. The topological polar surface area (TPSA) is 162 Å². The number of carboxylic acid groups (broad SMARTS) is 1. The molecule has 0 unspecified atom stereocenters. The van der Waals surface area contributed by atoms with E-state index in [1.165, 1.54) is 23.4 Å². The first-order valence-electron chi connectivity index (χ1n) is 19.2. The van der Waals surface area contributed by atoms with Gasteiger partial charge in [-0.15, -0.1) is 0 Å². The minimum absolute atomic E-state index is 0.158. The van der Waals surface area contributed by atoms with Crippen molar-refractivity contribution >= 4 is 48.9 Å². The van der Waals surface area contributed by atoms with Crippen LogP contribution in [0.4, 0.5) is 11.4 Å². The summed E-state index contributed by atoms with van der Waals surface area (Å²) in [6, 6.07) is 19.6. The van der Waals surface area contributed by atoms with Gasteiger partial charge in [-0.25, -0.2) is 4.79 Å². The summed E-state index contributed by atoms with van der Waals surface area (Å²) in [5.74, 6) is -0.786. The van der Waals surface area contributed by atoms with E-state index >= 15 is 0 Å². The number of anilines is 1. The van der Waals surface area contributed by atoms with Crippen LogP contribution < -0.4 is 4.90 Å². The monoisotopic (exact) mass is 815 g/mol. The van der Waals surface area contributed by atoms with E-state index in [1.807, 2.05) is 37.0 Å². The van der Waals surface area contributed by atoms with Crippen molar-refractivity contribution < 1.29 is 45.2 Å². The van der Waals surface area contributed by atoms with Gasteiger partial charge in [0.1, 0.15) is 18.9 Å². The molecule has 0 fully saturated rings. The standard InChI is InChI=1S/C44H50N2O9S2/c1-6-7-10-25-45-36-14-9-8-13-34(36)43(2,3)40(45)24-22-38-41(30-15-17-31(18-16-30)42(47)48)32(29-55-38)19-23-39-44(4,5)35-28-33(57(52,53)54)20-21-37(35)46(39)26-11-12-27-56(49,50)51/h8-9,13-24,28H,6-7,10-12,25-27,29H2,1-5H3,(H2-,47,48,49,50,51,52,53,54)/p+1. The number of ether oxygens (including phenoxy) is 1. The van der Waals surface area contributed by atoms with E-state index in [-0.39, 0.29) is 34.7 Å². The maximum atomic E-state index is 12.2. The van der Waals surface area contributed by atoms with E-state index in [0.717, 1.165) is 59.6 Å². The molecule has 0 saturated carbocycles. The Morgan fingerprint density at radius 2 is 1.58 bits per heavy atom. The number of carboxylic acids is 1. The summed E-state index contributed by atoms with van der Waals surface area (Å²) in [4.78, 5) is 13.6. The zero-order chi connectivity index (χ0) is 41.3. The predicted molar refractivity (Wildman–Crippen MR) is 223 cm³/mol. The second-order valence-electron chi connectivity index (χ2n) is 15.8. The van der Waals surface area contributed by atoms with Gasteiger partial charge in [0, 0.05) is 58.6 Å². The number of carbonyl (C=O) groups is 1. The first-order valence-corrected chi connectivity index (χ1v) is 22.3. The summed E-state index contributed by atoms with van der Waals surface area (Å²) >= 11 is 0. The third kappa shape index (κ3) is 8.72. The Balaban J connectivity index is 1.45. The Morgan fingerprint density at radius 3 is 2.25 bits per heavy atom. The van der Waals surface area contributed by atoms with E-state index in [9.17, 15) is 35.8 Å². The number of allylic oxidation sites excluding steroid dienone is 5. The summed E-state index contributed by atoms with van der Waals surface area (Å²) in [7, 11) is -8.63. The highest BCUT2D eigenvalue weighted by molar-refractivity contribution is 7.86. The lowest BCUT2D eigenvalue weighted by atomic mass is 9.81. The number of benzene rings is 3. The first-order chi connectivity index (χ1) is 26.8. The molecule has 0 atom stereocenters. The Labute approximate surface area is 335 Å². The van der Waals surface area contributed by atoms with Gasteiger partial charge in [-0.1, -0.05) is 63.6 Å². The van der Waals surface area contributed by atoms with E-state index in [1.54, 1.807) is 30.3 Å². The van der Waals surface area contributed by atoms with Crippen molar-refractivity contribution in [1.82, 2.24) is 0 Å². The highest BCUT2D eigenvalue weighted by Gasteiger charge is 2.44. The van der Waals surface area contributed by atoms with Gasteiger partial charge in [-0.3, -0.25) is 9.11 Å². The Bertz CT molecular complexity index is 2460. The van der Waals surface area contributed by atoms with Gasteiger partial charge in [0.2, 0.25) is 5.69 Å². The molecule has 3 heterocycles. The van der Waals surface area contributed by atoms with E-state index < -0.39 is 31.6 Å². The lowest BCUT2D eigenvalue weighted by Crippen LogP contribution is -2.28. The maximum absolute atomic E-state index is 12.2. The molecule has 57 heavy (non-hydrogen) atoms. The summed E-state index contributed by atoms with van der Waals surface area (Å²) in [6.07, 6.45) is 11.9. The molecule has 0 spiro atoms. The van der Waals surface area contributed by atoms with E-state index in [4.69, 9.17) is 4.74 Å². The van der Waals surface area contributed by atoms with Crippen molar-refractivity contribution in [3.63, 3.8) is 0 Å². The second-order valence-corrected chi connectivity index (χ2v) is 18.8. The molecule has 0 amide bonds. The van der Waals surface area contributed by atoms with Crippen LogP contribution in [0, 0.1) is 0 Å². The third-order valence-electron chi connectivity index (χ3n) is 11.2. The number of aromatic carboxylic acids is 1. The normalized spacial score (nSPS) is 18.9. The average molecular weight is 816 g/mol. The minimum atomic E-state index is -4.48. The number of nitrogens with zero attached hydrogens (tertiary/aromatic N) is 2. The molecule has 0 bridgehead atoms. The predicted octanol–water partition coefficient (Wildman–Crippen LogP) is 8.47. The van der Waals surface area contributed by atoms with Crippen molar-refractivity contribution in [2.45, 2.75) is 82.4 Å². The molecule has 11 nitrogen and oxygen atoms in total. The number of unbranched alkanes of at least 4 members (excludes halogenated alkanes) is 3. The van der Waals surface area contributed by atoms with Crippen molar-refractivity contribution in [3.05, 3.63) is 130 Å². The van der Waals surface area contributed by atoms with Gasteiger partial charge in [0.15, 0.2) is 5.71 Å².